The van der Waals surface area contributed by atoms with Gasteiger partial charge in [-0.3, -0.25) is 19.2 Å². The van der Waals surface area contributed by atoms with Crippen molar-refractivity contribution in [3.8, 4) is 0 Å². The number of hydrogen-bond donors (Lipinski definition) is 25. The SMILES string of the molecule is CCCCCCCCCCCCC/C=C/[C@@H](O)[C@H](CO[C@@H]1OC(CO)[C@@H](O[C@@H]2OC(CO)[C@H](O[C@@H]3OC(CO)[C@H](O)[C@H](O[C@@H]4OC(CO)[C@H](O)[C@H](O[C@]5(C(=O)O)CC(O)[C@@H](NC(C)=O)C([C@H](O)[C@@H](CO)O[C@]6(C(=O)O)CC(O)[C@@H](NC(C)=O)C([C@H](O)[C@H](O)CO)O6)O5)C4O)C3NC(C)=O)[C@H](O)C2O)[C@H](O)C1O)NC(=O)CCCCCCCCCCCCCCCCCCCCCCC. The van der Waals surface area contributed by atoms with Crippen LogP contribution in [0.3, 0.4) is 0 Å². The molecule has 43 heteroatoms. The van der Waals surface area contributed by atoms with E-state index in [2.05, 4.69) is 35.1 Å². The number of allylic oxidation sites excluding steroid dienone is 1. The van der Waals surface area contributed by atoms with E-state index in [-0.39, 0.29) is 12.3 Å². The summed E-state index contributed by atoms with van der Waals surface area (Å²) in [4.78, 5) is 78.8. The summed E-state index contributed by atoms with van der Waals surface area (Å²) in [5.74, 6) is -14.5. The summed E-state index contributed by atoms with van der Waals surface area (Å²) in [5.41, 5.74) is 0. The van der Waals surface area contributed by atoms with Gasteiger partial charge < -0.3 is 185 Å². The van der Waals surface area contributed by atoms with Crippen LogP contribution in [0.15, 0.2) is 12.2 Å². The summed E-state index contributed by atoms with van der Waals surface area (Å²) in [7, 11) is 0. The van der Waals surface area contributed by atoms with Crippen molar-refractivity contribution in [2.24, 2.45) is 0 Å². The third-order valence-electron chi connectivity index (χ3n) is 25.6. The molecule has 43 nitrogen and oxygen atoms in total. The standard InChI is InChI=1S/C90H160N4O39/c1-6-8-10-12-14-16-18-20-21-22-23-24-25-26-27-29-31-33-35-37-39-41-64(108)94-54(55(104)40-38-36-34-32-30-28-19-17-15-13-11-9-7-2)50-122-84-74(115)72(113)78(62(48-99)125-84)128-85-75(116)73(114)77(63(49-100)126-85)127-83-67(93-53(5)103)79(69(110)59(45-96)123-83)129-86-76(117)82(70(111)60(46-97)124-86)133-90(88(120)121)43-57(106)66(92-52(4)102)81(132-90)71(112)61(47-98)130-89(87(118)119)42-56(105)65(91-51(3)101)80(131-89)68(109)58(107)44-95/h38,40,54-63,65-86,95-100,104-107,109-117H,6-37,39,41-50H2,1-5H3,(H,91,101)(H,92,102)(H,93,103)(H,94,108)(H,118,119)(H,120,121)/b40-38+/t54-,55+,56?,57?,58+,59?,60?,61+,62?,63?,65+,66+,67?,68+,69-,70-,71+,72+,73+,74?,75?,76?,77-,78+,79+,80?,81?,82-,83-,84+,85-,86-,89+,90-/m0/s1. The molecule has 0 radical (unpaired) electrons. The van der Waals surface area contributed by atoms with E-state index in [0.717, 1.165) is 72.1 Å². The average molecular weight is 1920 g/mol. The Bertz CT molecular complexity index is 3310. The van der Waals surface area contributed by atoms with Gasteiger partial charge >= 0.3 is 11.9 Å². The second-order valence-electron chi connectivity index (χ2n) is 36.4. The van der Waals surface area contributed by atoms with Crippen LogP contribution in [0.4, 0.5) is 0 Å². The van der Waals surface area contributed by atoms with Crippen molar-refractivity contribution in [1.29, 1.82) is 0 Å². The van der Waals surface area contributed by atoms with Crippen molar-refractivity contribution in [1.82, 2.24) is 21.3 Å². The number of nitrogens with one attached hydrogen (secondary N) is 4. The van der Waals surface area contributed by atoms with E-state index in [0.29, 0.717) is 12.8 Å². The molecule has 25 N–H and O–H groups in total. The van der Waals surface area contributed by atoms with Crippen LogP contribution in [0.1, 0.15) is 266 Å². The fraction of sp³-hybridized carbons (Fsp3) is 0.911. The predicted molar refractivity (Wildman–Crippen MR) is 467 cm³/mol. The van der Waals surface area contributed by atoms with E-state index in [1.165, 1.54) is 148 Å². The van der Waals surface area contributed by atoms with E-state index in [9.17, 15) is 136 Å². The fourth-order valence-corrected chi connectivity index (χ4v) is 18.0. The second-order valence-corrected chi connectivity index (χ2v) is 36.4. The molecule has 0 spiro atoms. The van der Waals surface area contributed by atoms with Gasteiger partial charge in [0, 0.05) is 40.0 Å². The Morgan fingerprint density at radius 2 is 0.774 bits per heavy atom. The number of aliphatic carboxylic acids is 2. The first-order valence-electron chi connectivity index (χ1n) is 48.2. The maximum absolute atomic E-state index is 13.8. The number of carboxylic acid groups (broad SMARTS) is 2. The topological polar surface area (TPSA) is 686 Å². The van der Waals surface area contributed by atoms with Crippen LogP contribution in [-0.4, -0.2) is 396 Å². The Kier molecular flexibility index (Phi) is 53.8. The van der Waals surface area contributed by atoms with Crippen LogP contribution in [0.2, 0.25) is 0 Å². The minimum absolute atomic E-state index is 0.151. The Morgan fingerprint density at radius 3 is 1.21 bits per heavy atom. The molecule has 0 aromatic rings. The highest BCUT2D eigenvalue weighted by molar-refractivity contribution is 5.78. The van der Waals surface area contributed by atoms with E-state index in [1.54, 1.807) is 6.08 Å². The van der Waals surface area contributed by atoms with Gasteiger partial charge in [0.15, 0.2) is 25.2 Å². The summed E-state index contributed by atoms with van der Waals surface area (Å²) in [6.45, 7) is -0.496. The lowest BCUT2D eigenvalue weighted by Gasteiger charge is -2.52. The summed E-state index contributed by atoms with van der Waals surface area (Å²) >= 11 is 0. The van der Waals surface area contributed by atoms with Crippen molar-refractivity contribution in [3.63, 3.8) is 0 Å². The van der Waals surface area contributed by atoms with Crippen molar-refractivity contribution in [2.75, 3.05) is 46.2 Å². The van der Waals surface area contributed by atoms with E-state index in [1.807, 2.05) is 6.08 Å². The third kappa shape index (κ3) is 35.8. The normalized spacial score (nSPS) is 34.1. The van der Waals surface area contributed by atoms with Gasteiger partial charge in [-0.25, -0.2) is 9.59 Å². The number of ether oxygens (including phenoxy) is 12. The van der Waals surface area contributed by atoms with Gasteiger partial charge in [-0.05, 0) is 19.3 Å². The van der Waals surface area contributed by atoms with E-state index >= 15 is 0 Å². The maximum atomic E-state index is 13.8. The van der Waals surface area contributed by atoms with Gasteiger partial charge in [0.25, 0.3) is 11.6 Å². The monoisotopic (exact) mass is 1920 g/mol. The first-order valence-corrected chi connectivity index (χ1v) is 48.2. The number of rotatable bonds is 65. The predicted octanol–water partition coefficient (Wildman–Crippen LogP) is -1.53. The van der Waals surface area contributed by atoms with Crippen LogP contribution >= 0.6 is 0 Å². The molecule has 0 aromatic heterocycles. The number of carbonyl (C=O) groups excluding carboxylic acids is 4. The molecule has 6 heterocycles. The highest BCUT2D eigenvalue weighted by Gasteiger charge is 2.64. The number of amides is 4. The average Bonchev–Trinajstić information content (AvgIpc) is 0.749. The van der Waals surface area contributed by atoms with Gasteiger partial charge in [-0.1, -0.05) is 219 Å². The molecule has 6 fully saturated rings. The molecule has 774 valence electrons. The number of aliphatic hydroxyl groups excluding tert-OH is 19. The number of carboxylic acids is 2. The molecule has 12 unspecified atom stereocenters. The minimum Gasteiger partial charge on any atom is -0.477 e. The molecule has 4 amide bonds. The van der Waals surface area contributed by atoms with E-state index < -0.39 is 296 Å². The molecule has 0 saturated carbocycles. The molecular formula is C90H160N4O39. The third-order valence-corrected chi connectivity index (χ3v) is 25.6. The van der Waals surface area contributed by atoms with Crippen LogP contribution in [0.25, 0.3) is 0 Å². The number of carbonyl (C=O) groups is 6. The first-order chi connectivity index (χ1) is 63.6. The van der Waals surface area contributed by atoms with Crippen molar-refractivity contribution in [2.45, 2.75) is 473 Å². The van der Waals surface area contributed by atoms with Crippen LogP contribution in [-0.2, 0) is 85.6 Å². The van der Waals surface area contributed by atoms with Crippen LogP contribution < -0.4 is 21.3 Å². The Labute approximate surface area is 778 Å². The molecule has 6 saturated heterocycles. The molecule has 6 aliphatic heterocycles. The molecule has 34 atom stereocenters. The number of hydrogen-bond acceptors (Lipinski definition) is 37. The molecule has 0 aliphatic carbocycles. The highest BCUT2D eigenvalue weighted by atomic mass is 16.8. The maximum Gasteiger partial charge on any atom is 0.364 e. The first kappa shape index (κ1) is 117. The van der Waals surface area contributed by atoms with Crippen molar-refractivity contribution >= 4 is 35.6 Å². The zero-order valence-corrected chi connectivity index (χ0v) is 77.8. The summed E-state index contributed by atoms with van der Waals surface area (Å²) < 4.78 is 70.8. The zero-order valence-electron chi connectivity index (χ0n) is 77.8. The molecular weight excluding hydrogens is 1760 g/mol. The summed E-state index contributed by atoms with van der Waals surface area (Å²) in [6, 6.07) is -6.84. The van der Waals surface area contributed by atoms with Gasteiger partial charge in [0.2, 0.25) is 23.6 Å². The molecule has 0 aromatic carbocycles. The lowest BCUT2D eigenvalue weighted by Crippen LogP contribution is -2.72. The largest absolute Gasteiger partial charge is 0.477 e. The molecule has 133 heavy (non-hydrogen) atoms. The Hall–Kier alpha value is -4.68. The number of unbranched alkanes of at least 4 members (excludes halogenated alkanes) is 31. The quantitative estimate of drug-likeness (QED) is 0.0243. The smallest absolute Gasteiger partial charge is 0.364 e. The minimum atomic E-state index is -3.52. The van der Waals surface area contributed by atoms with Crippen molar-refractivity contribution < 1.29 is 193 Å². The molecule has 6 aliphatic rings. The second kappa shape index (κ2) is 61.1. The number of aliphatic hydroxyl groups is 19. The highest BCUT2D eigenvalue weighted by Crippen LogP contribution is 2.43. The summed E-state index contributed by atoms with van der Waals surface area (Å²) in [6.07, 6.45) is -20.6. The van der Waals surface area contributed by atoms with Gasteiger partial charge in [0.1, 0.15) is 134 Å². The van der Waals surface area contributed by atoms with Crippen LogP contribution in [0.5, 0.6) is 0 Å². The summed E-state index contributed by atoms with van der Waals surface area (Å²) in [5, 5.41) is 246. The van der Waals surface area contributed by atoms with Crippen molar-refractivity contribution in [3.05, 3.63) is 12.2 Å². The lowest BCUT2D eigenvalue weighted by atomic mass is 9.87. The van der Waals surface area contributed by atoms with Crippen LogP contribution in [0, 0.1) is 0 Å². The molecule has 6 rings (SSSR count). The Morgan fingerprint density at radius 1 is 0.406 bits per heavy atom. The fourth-order valence-electron chi connectivity index (χ4n) is 18.0. The van der Waals surface area contributed by atoms with Gasteiger partial charge in [-0.15, -0.1) is 0 Å². The zero-order chi connectivity index (χ0) is 98.1. The van der Waals surface area contributed by atoms with Gasteiger partial charge in [0.05, 0.1) is 82.7 Å². The van der Waals surface area contributed by atoms with Gasteiger partial charge in [-0.2, -0.15) is 0 Å². The Balaban J connectivity index is 1.12. The molecule has 0 bridgehead atoms. The lowest BCUT2D eigenvalue weighted by molar-refractivity contribution is -0.390. The van der Waals surface area contributed by atoms with E-state index in [4.69, 9.17) is 56.8 Å².